The van der Waals surface area contributed by atoms with E-state index < -0.39 is 0 Å². The maximum atomic E-state index is 12.4. The predicted octanol–water partition coefficient (Wildman–Crippen LogP) is 3.60. The van der Waals surface area contributed by atoms with Gasteiger partial charge in [0, 0.05) is 12.1 Å². The summed E-state index contributed by atoms with van der Waals surface area (Å²) in [6.45, 7) is 4.14. The minimum Gasteiger partial charge on any atom is -0.454 e. The minimum atomic E-state index is -0.323. The molecule has 0 fully saturated rings. The largest absolute Gasteiger partial charge is 0.454 e. The average Bonchev–Trinajstić information content (AvgIpc) is 3.14. The molecule has 140 valence electrons. The molecule has 2 N–H and O–H groups in total. The fourth-order valence-electron chi connectivity index (χ4n) is 2.56. The number of carbonyl (C=O) groups excluding carboxylic acids is 2. The molecule has 0 aromatic heterocycles. The number of amides is 2. The average molecular weight is 366 g/mol. The Kier molecular flexibility index (Phi) is 5.76. The zero-order valence-corrected chi connectivity index (χ0v) is 15.3. The Hall–Kier alpha value is -3.28. The molecule has 6 nitrogen and oxygen atoms in total. The van der Waals surface area contributed by atoms with Crippen molar-refractivity contribution in [3.05, 3.63) is 59.7 Å². The number of nitrogens with one attached hydrogen (secondary N) is 2. The lowest BCUT2D eigenvalue weighted by atomic mass is 10.1. The Morgan fingerprint density at radius 2 is 1.93 bits per heavy atom. The van der Waals surface area contributed by atoms with Gasteiger partial charge in [-0.25, -0.2) is 0 Å². The van der Waals surface area contributed by atoms with E-state index in [-0.39, 0.29) is 24.6 Å². The van der Waals surface area contributed by atoms with Gasteiger partial charge in [-0.1, -0.05) is 25.1 Å². The molecule has 0 spiro atoms. The smallest absolute Gasteiger partial charge is 0.253 e. The van der Waals surface area contributed by atoms with Gasteiger partial charge in [-0.2, -0.15) is 0 Å². The van der Waals surface area contributed by atoms with Crippen LogP contribution in [0.3, 0.4) is 0 Å². The third kappa shape index (κ3) is 4.67. The zero-order chi connectivity index (χ0) is 19.2. The molecule has 0 bridgehead atoms. The van der Waals surface area contributed by atoms with E-state index in [1.807, 2.05) is 19.9 Å². The zero-order valence-electron chi connectivity index (χ0n) is 15.3. The first kappa shape index (κ1) is 18.5. The van der Waals surface area contributed by atoms with Crippen molar-refractivity contribution >= 4 is 23.6 Å². The third-order valence-corrected chi connectivity index (χ3v) is 4.24. The SMILES string of the molecule is CCC(C)NC(=O)c1ccccc1NC(=O)/C=C/c1ccc2c(c1)OCO2. The van der Waals surface area contributed by atoms with Gasteiger partial charge in [-0.05, 0) is 49.2 Å². The Morgan fingerprint density at radius 3 is 2.74 bits per heavy atom. The van der Waals surface area contributed by atoms with Gasteiger partial charge in [0.05, 0.1) is 11.3 Å². The number of hydrogen-bond donors (Lipinski definition) is 2. The normalized spacial score (nSPS) is 13.4. The summed E-state index contributed by atoms with van der Waals surface area (Å²) in [7, 11) is 0. The van der Waals surface area contributed by atoms with Gasteiger partial charge in [0.2, 0.25) is 12.7 Å². The molecule has 1 aliphatic rings. The number of ether oxygens (including phenoxy) is 2. The molecule has 2 aromatic carbocycles. The van der Waals surface area contributed by atoms with Gasteiger partial charge < -0.3 is 20.1 Å². The molecule has 1 unspecified atom stereocenters. The maximum Gasteiger partial charge on any atom is 0.253 e. The van der Waals surface area contributed by atoms with Crippen LogP contribution in [0.4, 0.5) is 5.69 Å². The highest BCUT2D eigenvalue weighted by molar-refractivity contribution is 6.07. The second kappa shape index (κ2) is 8.40. The Balaban J connectivity index is 1.68. The van der Waals surface area contributed by atoms with Crippen molar-refractivity contribution in [1.82, 2.24) is 5.32 Å². The summed E-state index contributed by atoms with van der Waals surface area (Å²) in [6.07, 6.45) is 3.93. The molecule has 1 aliphatic heterocycles. The van der Waals surface area contributed by atoms with E-state index in [1.54, 1.807) is 42.5 Å². The highest BCUT2D eigenvalue weighted by atomic mass is 16.7. The molecule has 0 aliphatic carbocycles. The summed E-state index contributed by atoms with van der Waals surface area (Å²) >= 11 is 0. The summed E-state index contributed by atoms with van der Waals surface area (Å²) in [5, 5.41) is 5.67. The Morgan fingerprint density at radius 1 is 1.15 bits per heavy atom. The highest BCUT2D eigenvalue weighted by Gasteiger charge is 2.14. The van der Waals surface area contributed by atoms with Crippen LogP contribution in [0, 0.1) is 0 Å². The van der Waals surface area contributed by atoms with Gasteiger partial charge in [-0.3, -0.25) is 9.59 Å². The molecular weight excluding hydrogens is 344 g/mol. The first-order valence-electron chi connectivity index (χ1n) is 8.85. The third-order valence-electron chi connectivity index (χ3n) is 4.24. The Labute approximate surface area is 158 Å². The molecule has 3 rings (SSSR count). The molecule has 1 heterocycles. The van der Waals surface area contributed by atoms with Gasteiger partial charge in [-0.15, -0.1) is 0 Å². The topological polar surface area (TPSA) is 76.7 Å². The molecule has 6 heteroatoms. The number of benzene rings is 2. The second-order valence-corrected chi connectivity index (χ2v) is 6.26. The summed E-state index contributed by atoms with van der Waals surface area (Å²) in [6, 6.07) is 12.4. The van der Waals surface area contributed by atoms with Crippen molar-refractivity contribution < 1.29 is 19.1 Å². The quantitative estimate of drug-likeness (QED) is 0.766. The fourth-order valence-corrected chi connectivity index (χ4v) is 2.56. The standard InChI is InChI=1S/C21H22N2O4/c1-3-14(2)22-21(25)16-6-4-5-7-17(16)23-20(24)11-9-15-8-10-18-19(12-15)27-13-26-18/h4-12,14H,3,13H2,1-2H3,(H,22,25)(H,23,24)/b11-9+. The van der Waals surface area contributed by atoms with Crippen LogP contribution < -0.4 is 20.1 Å². The Bertz CT molecular complexity index is 876. The lowest BCUT2D eigenvalue weighted by Crippen LogP contribution is -2.32. The molecule has 2 amide bonds. The summed E-state index contributed by atoms with van der Waals surface area (Å²) < 4.78 is 10.6. The van der Waals surface area contributed by atoms with E-state index in [9.17, 15) is 9.59 Å². The number of anilines is 1. The van der Waals surface area contributed by atoms with Gasteiger partial charge in [0.1, 0.15) is 0 Å². The van der Waals surface area contributed by atoms with E-state index in [1.165, 1.54) is 6.08 Å². The number of rotatable bonds is 6. The first-order chi connectivity index (χ1) is 13.1. The van der Waals surface area contributed by atoms with Crippen molar-refractivity contribution in [2.45, 2.75) is 26.3 Å². The van der Waals surface area contributed by atoms with Crippen LogP contribution in [-0.2, 0) is 4.79 Å². The van der Waals surface area contributed by atoms with Crippen molar-refractivity contribution in [3.8, 4) is 11.5 Å². The number of carbonyl (C=O) groups is 2. The molecule has 0 saturated carbocycles. The first-order valence-corrected chi connectivity index (χ1v) is 8.85. The predicted molar refractivity (Wildman–Crippen MR) is 104 cm³/mol. The summed E-state index contributed by atoms with van der Waals surface area (Å²) in [5.41, 5.74) is 1.72. The van der Waals surface area contributed by atoms with Crippen molar-refractivity contribution in [1.29, 1.82) is 0 Å². The van der Waals surface area contributed by atoms with Gasteiger partial charge in [0.15, 0.2) is 11.5 Å². The van der Waals surface area contributed by atoms with Crippen LogP contribution in [0.15, 0.2) is 48.5 Å². The monoisotopic (exact) mass is 366 g/mol. The van der Waals surface area contributed by atoms with Crippen LogP contribution in [0.25, 0.3) is 6.08 Å². The molecule has 0 radical (unpaired) electrons. The second-order valence-electron chi connectivity index (χ2n) is 6.26. The molecule has 0 saturated heterocycles. The van der Waals surface area contributed by atoms with E-state index in [0.29, 0.717) is 22.7 Å². The van der Waals surface area contributed by atoms with Crippen molar-refractivity contribution in [2.75, 3.05) is 12.1 Å². The van der Waals surface area contributed by atoms with Gasteiger partial charge >= 0.3 is 0 Å². The molecule has 2 aromatic rings. The highest BCUT2D eigenvalue weighted by Crippen LogP contribution is 2.32. The van der Waals surface area contributed by atoms with E-state index in [0.717, 1.165) is 12.0 Å². The van der Waals surface area contributed by atoms with E-state index in [2.05, 4.69) is 10.6 Å². The maximum absolute atomic E-state index is 12.4. The van der Waals surface area contributed by atoms with Crippen molar-refractivity contribution in [2.24, 2.45) is 0 Å². The lowest BCUT2D eigenvalue weighted by molar-refractivity contribution is -0.111. The van der Waals surface area contributed by atoms with Crippen LogP contribution >= 0.6 is 0 Å². The van der Waals surface area contributed by atoms with E-state index >= 15 is 0 Å². The molecule has 1 atom stereocenters. The number of fused-ring (bicyclic) bond motifs is 1. The lowest BCUT2D eigenvalue weighted by Gasteiger charge is -2.14. The number of para-hydroxylation sites is 1. The van der Waals surface area contributed by atoms with Crippen molar-refractivity contribution in [3.63, 3.8) is 0 Å². The minimum absolute atomic E-state index is 0.0622. The number of hydrogen-bond acceptors (Lipinski definition) is 4. The summed E-state index contributed by atoms with van der Waals surface area (Å²) in [4.78, 5) is 24.7. The van der Waals surface area contributed by atoms with Crippen LogP contribution in [0.1, 0.15) is 36.2 Å². The van der Waals surface area contributed by atoms with E-state index in [4.69, 9.17) is 9.47 Å². The van der Waals surface area contributed by atoms with Crippen LogP contribution in [-0.4, -0.2) is 24.6 Å². The fraction of sp³-hybridized carbons (Fsp3) is 0.238. The summed E-state index contributed by atoms with van der Waals surface area (Å²) in [5.74, 6) is 0.818. The van der Waals surface area contributed by atoms with Crippen LogP contribution in [0.5, 0.6) is 11.5 Å². The van der Waals surface area contributed by atoms with Gasteiger partial charge in [0.25, 0.3) is 5.91 Å². The van der Waals surface area contributed by atoms with Crippen LogP contribution in [0.2, 0.25) is 0 Å². The molecule has 27 heavy (non-hydrogen) atoms. The molecular formula is C21H22N2O4.